The molecular weight excluding hydrogens is 352 g/mol. The van der Waals surface area contributed by atoms with Crippen molar-refractivity contribution in [3.63, 3.8) is 0 Å². The number of carbonyl (C=O) groups is 4. The van der Waals surface area contributed by atoms with Gasteiger partial charge in [-0.15, -0.1) is 0 Å². The van der Waals surface area contributed by atoms with Crippen molar-refractivity contribution in [1.29, 1.82) is 0 Å². The van der Waals surface area contributed by atoms with Crippen molar-refractivity contribution in [3.8, 4) is 0 Å². The Balaban J connectivity index is 1.58. The van der Waals surface area contributed by atoms with Gasteiger partial charge in [0.2, 0.25) is 5.91 Å². The van der Waals surface area contributed by atoms with Crippen LogP contribution in [0, 0.1) is 5.92 Å². The van der Waals surface area contributed by atoms with Gasteiger partial charge < -0.3 is 19.9 Å². The van der Waals surface area contributed by atoms with Crippen LogP contribution in [0.1, 0.15) is 39.5 Å². The van der Waals surface area contributed by atoms with E-state index in [4.69, 9.17) is 4.74 Å². The minimum absolute atomic E-state index is 0.0657. The molecule has 3 rings (SSSR count). The molecule has 1 saturated carbocycles. The summed E-state index contributed by atoms with van der Waals surface area (Å²) in [5.41, 5.74) is -0.849. The Morgan fingerprint density at radius 1 is 1.15 bits per heavy atom. The molecule has 2 saturated heterocycles. The first-order chi connectivity index (χ1) is 12.9. The van der Waals surface area contributed by atoms with E-state index in [1.165, 1.54) is 0 Å². The molecule has 1 spiro atoms. The highest BCUT2D eigenvalue weighted by Gasteiger charge is 2.55. The van der Waals surface area contributed by atoms with Gasteiger partial charge in [-0.3, -0.25) is 14.5 Å². The minimum Gasteiger partial charge on any atom is -0.450 e. The lowest BCUT2D eigenvalue weighted by atomic mass is 9.73. The maximum absolute atomic E-state index is 12.9. The molecule has 0 aromatic rings. The van der Waals surface area contributed by atoms with Gasteiger partial charge >= 0.3 is 12.1 Å². The second-order valence-electron chi connectivity index (χ2n) is 7.51. The standard InChI is InChI=1S/C18H28N4O5/c1-3-27-17(26)21-10-8-20(9-11-21)14(23)12-22-15(24)18(19-16(22)25)7-5-4-6-13(18)2/h13H,3-12H2,1-2H3,(H,19,25)/t13-,18+/m0/s1. The van der Waals surface area contributed by atoms with Gasteiger partial charge in [0.25, 0.3) is 5.91 Å². The number of nitrogens with one attached hydrogen (secondary N) is 1. The van der Waals surface area contributed by atoms with Crippen molar-refractivity contribution in [2.45, 2.75) is 45.1 Å². The SMILES string of the molecule is CCOC(=O)N1CCN(C(=O)CN2C(=O)N[C@@]3(CCCC[C@@H]3C)C2=O)CC1. The van der Waals surface area contributed by atoms with E-state index in [-0.39, 0.29) is 30.4 Å². The summed E-state index contributed by atoms with van der Waals surface area (Å²) in [5, 5.41) is 2.86. The molecule has 3 aliphatic rings. The average molecular weight is 380 g/mol. The third kappa shape index (κ3) is 3.59. The van der Waals surface area contributed by atoms with Crippen molar-refractivity contribution in [3.05, 3.63) is 0 Å². The molecule has 2 atom stereocenters. The first kappa shape index (κ1) is 19.4. The fourth-order valence-corrected chi connectivity index (χ4v) is 4.23. The molecule has 0 bridgehead atoms. The van der Waals surface area contributed by atoms with Crippen LogP contribution in [0.2, 0.25) is 0 Å². The van der Waals surface area contributed by atoms with Crippen LogP contribution < -0.4 is 5.32 Å². The molecule has 9 heteroatoms. The zero-order valence-corrected chi connectivity index (χ0v) is 16.0. The van der Waals surface area contributed by atoms with Gasteiger partial charge in [-0.25, -0.2) is 9.59 Å². The lowest BCUT2D eigenvalue weighted by molar-refractivity contribution is -0.141. The smallest absolute Gasteiger partial charge is 0.409 e. The van der Waals surface area contributed by atoms with Crippen molar-refractivity contribution in [1.82, 2.24) is 20.0 Å². The van der Waals surface area contributed by atoms with Gasteiger partial charge in [0.15, 0.2) is 0 Å². The topological polar surface area (TPSA) is 99.3 Å². The Kier molecular flexibility index (Phi) is 5.57. The Hall–Kier alpha value is -2.32. The third-order valence-electron chi connectivity index (χ3n) is 5.95. The first-order valence-corrected chi connectivity index (χ1v) is 9.72. The summed E-state index contributed by atoms with van der Waals surface area (Å²) in [4.78, 5) is 53.9. The third-order valence-corrected chi connectivity index (χ3v) is 5.95. The molecule has 2 aliphatic heterocycles. The molecule has 0 aromatic heterocycles. The van der Waals surface area contributed by atoms with Crippen LogP contribution in [0.4, 0.5) is 9.59 Å². The van der Waals surface area contributed by atoms with Gasteiger partial charge in [0.1, 0.15) is 12.1 Å². The molecule has 1 N–H and O–H groups in total. The van der Waals surface area contributed by atoms with Gasteiger partial charge in [0, 0.05) is 26.2 Å². The van der Waals surface area contributed by atoms with Crippen LogP contribution in [0.5, 0.6) is 0 Å². The van der Waals surface area contributed by atoms with Gasteiger partial charge in [0.05, 0.1) is 6.61 Å². The Morgan fingerprint density at radius 2 is 1.81 bits per heavy atom. The second kappa shape index (κ2) is 7.74. The van der Waals surface area contributed by atoms with Crippen molar-refractivity contribution in [2.75, 3.05) is 39.3 Å². The number of rotatable bonds is 3. The fraction of sp³-hybridized carbons (Fsp3) is 0.778. The van der Waals surface area contributed by atoms with E-state index in [9.17, 15) is 19.2 Å². The summed E-state index contributed by atoms with van der Waals surface area (Å²) in [5.74, 6) is -0.489. The number of nitrogens with zero attached hydrogens (tertiary/aromatic N) is 3. The maximum atomic E-state index is 12.9. The van der Waals surface area contributed by atoms with Crippen molar-refractivity contribution in [2.24, 2.45) is 5.92 Å². The van der Waals surface area contributed by atoms with E-state index in [2.05, 4.69) is 5.32 Å². The van der Waals surface area contributed by atoms with E-state index in [0.29, 0.717) is 39.2 Å². The largest absolute Gasteiger partial charge is 0.450 e. The first-order valence-electron chi connectivity index (χ1n) is 9.72. The lowest BCUT2D eigenvalue weighted by Crippen LogP contribution is -2.55. The number of piperazine rings is 1. The molecule has 0 aromatic carbocycles. The molecule has 150 valence electrons. The molecule has 27 heavy (non-hydrogen) atoms. The quantitative estimate of drug-likeness (QED) is 0.730. The molecule has 0 radical (unpaired) electrons. The Morgan fingerprint density at radius 3 is 2.44 bits per heavy atom. The van der Waals surface area contributed by atoms with E-state index < -0.39 is 11.6 Å². The van der Waals surface area contributed by atoms with E-state index in [1.54, 1.807) is 16.7 Å². The van der Waals surface area contributed by atoms with E-state index in [0.717, 1.165) is 24.2 Å². The molecule has 3 fully saturated rings. The van der Waals surface area contributed by atoms with Crippen molar-refractivity contribution >= 4 is 23.9 Å². The van der Waals surface area contributed by atoms with Crippen LogP contribution in [0.25, 0.3) is 0 Å². The molecular formula is C18H28N4O5. The zero-order valence-electron chi connectivity index (χ0n) is 16.0. The highest BCUT2D eigenvalue weighted by atomic mass is 16.6. The molecule has 0 unspecified atom stereocenters. The second-order valence-corrected chi connectivity index (χ2v) is 7.51. The number of carbonyl (C=O) groups excluding carboxylic acids is 4. The van der Waals surface area contributed by atoms with Crippen LogP contribution in [-0.4, -0.2) is 83.5 Å². The Bertz CT molecular complexity index is 631. The molecule has 2 heterocycles. The summed E-state index contributed by atoms with van der Waals surface area (Å²) < 4.78 is 4.96. The number of amides is 5. The minimum atomic E-state index is -0.849. The highest BCUT2D eigenvalue weighted by molar-refractivity contribution is 6.09. The molecule has 1 aliphatic carbocycles. The number of ether oxygens (including phenoxy) is 1. The zero-order chi connectivity index (χ0) is 19.6. The normalized spacial score (nSPS) is 28.5. The lowest BCUT2D eigenvalue weighted by Gasteiger charge is -2.37. The van der Waals surface area contributed by atoms with Gasteiger partial charge in [-0.1, -0.05) is 19.8 Å². The summed E-state index contributed by atoms with van der Waals surface area (Å²) in [6.07, 6.45) is 3.08. The van der Waals surface area contributed by atoms with Crippen LogP contribution in [0.3, 0.4) is 0 Å². The number of hydrogen-bond acceptors (Lipinski definition) is 5. The molecule has 9 nitrogen and oxygen atoms in total. The van der Waals surface area contributed by atoms with Crippen LogP contribution in [-0.2, 0) is 14.3 Å². The van der Waals surface area contributed by atoms with Crippen LogP contribution >= 0.6 is 0 Å². The predicted octanol–water partition coefficient (Wildman–Crippen LogP) is 0.788. The monoisotopic (exact) mass is 380 g/mol. The highest BCUT2D eigenvalue weighted by Crippen LogP contribution is 2.38. The number of urea groups is 1. The van der Waals surface area contributed by atoms with Gasteiger partial charge in [-0.05, 0) is 25.7 Å². The van der Waals surface area contributed by atoms with Gasteiger partial charge in [-0.2, -0.15) is 0 Å². The predicted molar refractivity (Wildman–Crippen MR) is 95.8 cm³/mol. The van der Waals surface area contributed by atoms with E-state index >= 15 is 0 Å². The van der Waals surface area contributed by atoms with Crippen molar-refractivity contribution < 1.29 is 23.9 Å². The molecule has 5 amide bonds. The summed E-state index contributed by atoms with van der Waals surface area (Å²) >= 11 is 0. The van der Waals surface area contributed by atoms with Crippen LogP contribution in [0.15, 0.2) is 0 Å². The Labute approximate surface area is 159 Å². The summed E-state index contributed by atoms with van der Waals surface area (Å²) in [6, 6.07) is -0.479. The summed E-state index contributed by atoms with van der Waals surface area (Å²) in [6.45, 7) is 5.28. The number of hydrogen-bond donors (Lipinski definition) is 1. The average Bonchev–Trinajstić information content (AvgIpc) is 2.89. The van der Waals surface area contributed by atoms with E-state index in [1.807, 2.05) is 6.92 Å². The summed E-state index contributed by atoms with van der Waals surface area (Å²) in [7, 11) is 0. The number of imide groups is 1. The fourth-order valence-electron chi connectivity index (χ4n) is 4.23. The maximum Gasteiger partial charge on any atom is 0.409 e.